The summed E-state index contributed by atoms with van der Waals surface area (Å²) in [5, 5.41) is 10.9. The molecule has 6 heteroatoms. The van der Waals surface area contributed by atoms with E-state index in [1.54, 1.807) is 7.05 Å². The Balaban J connectivity index is 3.73. The number of carboxylic acid groups (broad SMARTS) is 1. The average Bonchev–Trinajstić information content (AvgIpc) is 2.24. The van der Waals surface area contributed by atoms with Crippen molar-refractivity contribution in [2.24, 2.45) is 0 Å². The van der Waals surface area contributed by atoms with Gasteiger partial charge in [-0.1, -0.05) is 0 Å². The number of carbonyl (C=O) groups is 3. The highest BCUT2D eigenvalue weighted by molar-refractivity contribution is 5.79. The Kier molecular flexibility index (Phi) is 6.91. The molecule has 0 unspecified atom stereocenters. The molecule has 0 heterocycles. The summed E-state index contributed by atoms with van der Waals surface area (Å²) in [5.41, 5.74) is 0. The van der Waals surface area contributed by atoms with Gasteiger partial charge in [0.15, 0.2) is 0 Å². The molecule has 92 valence electrons. The first kappa shape index (κ1) is 14.4. The highest BCUT2D eigenvalue weighted by Gasteiger charge is 2.10. The van der Waals surface area contributed by atoms with Gasteiger partial charge >= 0.3 is 5.97 Å². The first-order valence-corrected chi connectivity index (χ1v) is 5.13. The molecule has 0 aliphatic heterocycles. The molecule has 6 nitrogen and oxygen atoms in total. The number of carboxylic acids is 1. The Morgan fingerprint density at radius 2 is 1.81 bits per heavy atom. The van der Waals surface area contributed by atoms with E-state index >= 15 is 0 Å². The number of nitrogens with one attached hydrogen (secondary N) is 1. The topological polar surface area (TPSA) is 86.7 Å². The van der Waals surface area contributed by atoms with Crippen LogP contribution in [0.15, 0.2) is 0 Å². The van der Waals surface area contributed by atoms with Crippen molar-refractivity contribution >= 4 is 17.8 Å². The van der Waals surface area contributed by atoms with Crippen molar-refractivity contribution < 1.29 is 19.5 Å². The second-order valence-corrected chi connectivity index (χ2v) is 3.49. The molecule has 0 aliphatic carbocycles. The summed E-state index contributed by atoms with van der Waals surface area (Å²) in [6.45, 7) is 0.353. The van der Waals surface area contributed by atoms with Gasteiger partial charge in [0.05, 0.1) is 0 Å². The molecule has 0 fully saturated rings. The van der Waals surface area contributed by atoms with Gasteiger partial charge in [-0.3, -0.25) is 14.4 Å². The van der Waals surface area contributed by atoms with Crippen LogP contribution in [-0.4, -0.2) is 48.4 Å². The molecule has 0 radical (unpaired) electrons. The van der Waals surface area contributed by atoms with E-state index in [9.17, 15) is 14.4 Å². The fraction of sp³-hybridized carbons (Fsp3) is 0.700. The SMILES string of the molecule is CNC(=O)CCN(C)C(=O)CCCC(=O)O. The maximum atomic E-state index is 11.4. The largest absolute Gasteiger partial charge is 0.481 e. The van der Waals surface area contributed by atoms with Gasteiger partial charge in [0.2, 0.25) is 11.8 Å². The molecule has 0 atom stereocenters. The third kappa shape index (κ3) is 6.80. The zero-order chi connectivity index (χ0) is 12.6. The first-order valence-electron chi connectivity index (χ1n) is 5.13. The highest BCUT2D eigenvalue weighted by Crippen LogP contribution is 2.00. The van der Waals surface area contributed by atoms with Gasteiger partial charge in [0.25, 0.3) is 0 Å². The molecule has 16 heavy (non-hydrogen) atoms. The van der Waals surface area contributed by atoms with Crippen LogP contribution >= 0.6 is 0 Å². The van der Waals surface area contributed by atoms with Gasteiger partial charge in [0, 0.05) is 39.9 Å². The average molecular weight is 230 g/mol. The lowest BCUT2D eigenvalue weighted by molar-refractivity contribution is -0.137. The quantitative estimate of drug-likeness (QED) is 0.636. The van der Waals surface area contributed by atoms with Gasteiger partial charge < -0.3 is 15.3 Å². The van der Waals surface area contributed by atoms with Crippen LogP contribution in [0.4, 0.5) is 0 Å². The van der Waals surface area contributed by atoms with Crippen molar-refractivity contribution in [2.45, 2.75) is 25.7 Å². The minimum absolute atomic E-state index is 0.00493. The third-order valence-corrected chi connectivity index (χ3v) is 2.16. The Bertz CT molecular complexity index is 266. The van der Waals surface area contributed by atoms with E-state index in [0.29, 0.717) is 13.0 Å². The summed E-state index contributed by atoms with van der Waals surface area (Å²) in [4.78, 5) is 34.0. The van der Waals surface area contributed by atoms with Crippen LogP contribution in [0, 0.1) is 0 Å². The lowest BCUT2D eigenvalue weighted by Gasteiger charge is -2.16. The molecule has 0 aromatic rings. The monoisotopic (exact) mass is 230 g/mol. The maximum Gasteiger partial charge on any atom is 0.303 e. The number of hydrogen-bond donors (Lipinski definition) is 2. The Hall–Kier alpha value is -1.59. The number of nitrogens with zero attached hydrogens (tertiary/aromatic N) is 1. The van der Waals surface area contributed by atoms with Crippen molar-refractivity contribution in [3.63, 3.8) is 0 Å². The Morgan fingerprint density at radius 3 is 2.31 bits per heavy atom. The molecular formula is C10H18N2O4. The number of rotatable bonds is 7. The fourth-order valence-corrected chi connectivity index (χ4v) is 1.10. The minimum atomic E-state index is -0.902. The summed E-state index contributed by atoms with van der Waals surface area (Å²) in [5.74, 6) is -1.16. The lowest BCUT2D eigenvalue weighted by Crippen LogP contribution is -2.31. The number of amides is 2. The van der Waals surface area contributed by atoms with Crippen molar-refractivity contribution in [3.05, 3.63) is 0 Å². The molecule has 2 amide bonds. The molecule has 0 aromatic carbocycles. The predicted octanol–water partition coefficient (Wildman–Crippen LogP) is -0.164. The number of aliphatic carboxylic acids is 1. The normalized spacial score (nSPS) is 9.62. The summed E-state index contributed by atoms with van der Waals surface area (Å²) in [6, 6.07) is 0. The minimum Gasteiger partial charge on any atom is -0.481 e. The van der Waals surface area contributed by atoms with Crippen LogP contribution in [0.3, 0.4) is 0 Å². The van der Waals surface area contributed by atoms with Gasteiger partial charge in [-0.25, -0.2) is 0 Å². The highest BCUT2D eigenvalue weighted by atomic mass is 16.4. The van der Waals surface area contributed by atoms with Gasteiger partial charge in [-0.15, -0.1) is 0 Å². The van der Waals surface area contributed by atoms with Crippen LogP contribution < -0.4 is 5.32 Å². The first-order chi connectivity index (χ1) is 7.47. The smallest absolute Gasteiger partial charge is 0.303 e. The lowest BCUT2D eigenvalue weighted by atomic mass is 10.2. The maximum absolute atomic E-state index is 11.4. The zero-order valence-corrected chi connectivity index (χ0v) is 9.65. The van der Waals surface area contributed by atoms with Crippen molar-refractivity contribution in [2.75, 3.05) is 20.6 Å². The van der Waals surface area contributed by atoms with E-state index in [2.05, 4.69) is 5.32 Å². The summed E-state index contributed by atoms with van der Waals surface area (Å²) in [6.07, 6.45) is 0.793. The van der Waals surface area contributed by atoms with Gasteiger partial charge in [-0.2, -0.15) is 0 Å². The second kappa shape index (κ2) is 7.67. The standard InChI is InChI=1S/C10H18N2O4/c1-11-8(13)6-7-12(2)9(14)4-3-5-10(15)16/h3-7H2,1-2H3,(H,11,13)(H,15,16). The van der Waals surface area contributed by atoms with Gasteiger partial charge in [-0.05, 0) is 6.42 Å². The van der Waals surface area contributed by atoms with Crippen LogP contribution in [0.2, 0.25) is 0 Å². The second-order valence-electron chi connectivity index (χ2n) is 3.49. The molecule has 0 spiro atoms. The van der Waals surface area contributed by atoms with E-state index in [-0.39, 0.29) is 31.1 Å². The zero-order valence-electron chi connectivity index (χ0n) is 9.65. The Labute approximate surface area is 94.6 Å². The van der Waals surface area contributed by atoms with E-state index < -0.39 is 5.97 Å². The number of hydrogen-bond acceptors (Lipinski definition) is 3. The molecule has 0 rings (SSSR count). The van der Waals surface area contributed by atoms with Crippen molar-refractivity contribution in [1.29, 1.82) is 0 Å². The number of carbonyl (C=O) groups excluding carboxylic acids is 2. The van der Waals surface area contributed by atoms with E-state index in [4.69, 9.17) is 5.11 Å². The van der Waals surface area contributed by atoms with E-state index in [1.165, 1.54) is 11.9 Å². The van der Waals surface area contributed by atoms with Gasteiger partial charge in [0.1, 0.15) is 0 Å². The summed E-state index contributed by atoms with van der Waals surface area (Å²) < 4.78 is 0. The molecule has 0 aromatic heterocycles. The summed E-state index contributed by atoms with van der Waals surface area (Å²) in [7, 11) is 3.14. The molecule has 0 aliphatic rings. The summed E-state index contributed by atoms with van der Waals surface area (Å²) >= 11 is 0. The van der Waals surface area contributed by atoms with Crippen LogP contribution in [0.5, 0.6) is 0 Å². The van der Waals surface area contributed by atoms with Crippen LogP contribution in [0.1, 0.15) is 25.7 Å². The molecule has 2 N–H and O–H groups in total. The van der Waals surface area contributed by atoms with Crippen LogP contribution in [-0.2, 0) is 14.4 Å². The molecule has 0 bridgehead atoms. The fourth-order valence-electron chi connectivity index (χ4n) is 1.10. The van der Waals surface area contributed by atoms with Crippen molar-refractivity contribution in [1.82, 2.24) is 10.2 Å². The third-order valence-electron chi connectivity index (χ3n) is 2.16. The molecule has 0 saturated carbocycles. The molecule has 0 saturated heterocycles. The van der Waals surface area contributed by atoms with E-state index in [1.807, 2.05) is 0 Å². The van der Waals surface area contributed by atoms with E-state index in [0.717, 1.165) is 0 Å². The predicted molar refractivity (Wildman–Crippen MR) is 57.8 cm³/mol. The van der Waals surface area contributed by atoms with Crippen molar-refractivity contribution in [3.8, 4) is 0 Å². The molecular weight excluding hydrogens is 212 g/mol. The Morgan fingerprint density at radius 1 is 1.19 bits per heavy atom. The van der Waals surface area contributed by atoms with Crippen LogP contribution in [0.25, 0.3) is 0 Å².